The van der Waals surface area contributed by atoms with Crippen LogP contribution in [0, 0.1) is 6.92 Å². The number of hydrogen-bond acceptors (Lipinski definition) is 1. The van der Waals surface area contributed by atoms with Crippen LogP contribution in [-0.2, 0) is 6.18 Å². The van der Waals surface area contributed by atoms with E-state index in [2.05, 4.69) is 32.7 Å². The molecular weight excluding hydrogens is 239 g/mol. The van der Waals surface area contributed by atoms with Crippen molar-refractivity contribution in [2.45, 2.75) is 60.1 Å². The highest BCUT2D eigenvalue weighted by Crippen LogP contribution is 2.26. The molecule has 1 rings (SSSR count). The molecule has 0 saturated carbocycles. The van der Waals surface area contributed by atoms with Crippen LogP contribution in [-0.4, -0.2) is 4.98 Å². The Bertz CT molecular complexity index is 276. The molecule has 1 aromatic rings. The van der Waals surface area contributed by atoms with Crippen molar-refractivity contribution < 1.29 is 13.2 Å². The quantitative estimate of drug-likeness (QED) is 0.639. The van der Waals surface area contributed by atoms with Crippen LogP contribution < -0.4 is 0 Å². The van der Waals surface area contributed by atoms with E-state index in [9.17, 15) is 13.2 Å². The van der Waals surface area contributed by atoms with Crippen molar-refractivity contribution in [3.8, 4) is 0 Å². The molecule has 0 aliphatic carbocycles. The second kappa shape index (κ2) is 11.1. The zero-order valence-corrected chi connectivity index (χ0v) is 11.9. The van der Waals surface area contributed by atoms with Gasteiger partial charge in [0.2, 0.25) is 0 Å². The fourth-order valence-corrected chi connectivity index (χ4v) is 0.635. The molecule has 106 valence electrons. The Labute approximate surface area is 108 Å². The Morgan fingerprint density at radius 1 is 1.00 bits per heavy atom. The van der Waals surface area contributed by atoms with Crippen LogP contribution in [0.2, 0.25) is 0 Å². The summed E-state index contributed by atoms with van der Waals surface area (Å²) in [5.41, 5.74) is -0.124. The zero-order valence-electron chi connectivity index (χ0n) is 11.9. The molecule has 0 bridgehead atoms. The summed E-state index contributed by atoms with van der Waals surface area (Å²) in [6, 6.07) is 2.35. The molecule has 0 aliphatic heterocycles. The third-order valence-corrected chi connectivity index (χ3v) is 1.70. The minimum absolute atomic E-state index is 0.720. The fraction of sp³-hybridized carbons (Fsp3) is 0.643. The van der Waals surface area contributed by atoms with Gasteiger partial charge in [0.25, 0.3) is 0 Å². The molecule has 18 heavy (non-hydrogen) atoms. The van der Waals surface area contributed by atoms with E-state index in [1.807, 2.05) is 0 Å². The lowest BCUT2D eigenvalue weighted by molar-refractivity contribution is -0.141. The number of rotatable bonds is 1. The normalized spacial score (nSPS) is 9.78. The Hall–Kier alpha value is -1.06. The number of alkyl halides is 3. The van der Waals surface area contributed by atoms with Gasteiger partial charge in [0, 0.05) is 6.20 Å². The van der Waals surface area contributed by atoms with E-state index < -0.39 is 11.9 Å². The molecule has 0 aliphatic rings. The average Bonchev–Trinajstić information content (AvgIpc) is 2.30. The maximum absolute atomic E-state index is 11.9. The molecule has 0 N–H and O–H groups in total. The van der Waals surface area contributed by atoms with Gasteiger partial charge in [-0.15, -0.1) is 0 Å². The lowest BCUT2D eigenvalue weighted by Crippen LogP contribution is -2.07. The Balaban J connectivity index is 0. The molecule has 0 saturated heterocycles. The molecule has 0 spiro atoms. The molecule has 0 aromatic carbocycles. The van der Waals surface area contributed by atoms with Crippen LogP contribution in [0.1, 0.15) is 58.2 Å². The minimum atomic E-state index is -4.33. The van der Waals surface area contributed by atoms with Gasteiger partial charge < -0.3 is 0 Å². The molecule has 0 amide bonds. The van der Waals surface area contributed by atoms with E-state index in [0.717, 1.165) is 11.6 Å². The van der Waals surface area contributed by atoms with Crippen molar-refractivity contribution in [2.24, 2.45) is 0 Å². The Kier molecular flexibility index (Phi) is 11.8. The van der Waals surface area contributed by atoms with Crippen molar-refractivity contribution in [1.82, 2.24) is 4.98 Å². The van der Waals surface area contributed by atoms with Crippen LogP contribution in [0.25, 0.3) is 0 Å². The van der Waals surface area contributed by atoms with Gasteiger partial charge in [-0.05, 0) is 18.6 Å². The summed E-state index contributed by atoms with van der Waals surface area (Å²) >= 11 is 0. The molecule has 1 heterocycles. The number of unbranched alkanes of at least 4 members (excludes halogenated alkanes) is 1. The van der Waals surface area contributed by atoms with E-state index in [0.29, 0.717) is 0 Å². The zero-order chi connectivity index (χ0) is 14.6. The highest BCUT2D eigenvalue weighted by Gasteiger charge is 2.31. The number of aryl methyl sites for hydroxylation is 1. The number of nitrogens with zero attached hydrogens (tertiary/aromatic N) is 1. The first-order valence-corrected chi connectivity index (χ1v) is 6.33. The standard InChI is InChI=1S/C7H6F3N.C4H10.C3H8/c1-5-2-3-6(11-4-5)7(8,9)10;1-3-4-2;1-3-2/h2-4H,1H3;3-4H2,1-2H3;3H2,1-2H3. The van der Waals surface area contributed by atoms with E-state index >= 15 is 0 Å². The van der Waals surface area contributed by atoms with Crippen molar-refractivity contribution in [1.29, 1.82) is 0 Å². The smallest absolute Gasteiger partial charge is 0.252 e. The number of aromatic nitrogens is 1. The van der Waals surface area contributed by atoms with Gasteiger partial charge in [-0.25, -0.2) is 0 Å². The van der Waals surface area contributed by atoms with Gasteiger partial charge in [-0.2, -0.15) is 13.2 Å². The van der Waals surface area contributed by atoms with Gasteiger partial charge in [0.05, 0.1) is 0 Å². The average molecular weight is 263 g/mol. The number of halogens is 3. The van der Waals surface area contributed by atoms with Crippen LogP contribution in [0.3, 0.4) is 0 Å². The molecule has 1 nitrogen and oxygen atoms in total. The summed E-state index contributed by atoms with van der Waals surface area (Å²) in [5, 5.41) is 0. The van der Waals surface area contributed by atoms with Gasteiger partial charge in [0.1, 0.15) is 5.69 Å². The SMILES string of the molecule is CCC.CCCC.Cc1ccc(C(F)(F)F)nc1. The number of pyridine rings is 1. The molecular formula is C14H24F3N. The highest BCUT2D eigenvalue weighted by atomic mass is 19.4. The predicted molar refractivity (Wildman–Crippen MR) is 70.5 cm³/mol. The van der Waals surface area contributed by atoms with Crippen molar-refractivity contribution in [3.63, 3.8) is 0 Å². The van der Waals surface area contributed by atoms with Crippen LogP contribution in [0.4, 0.5) is 13.2 Å². The predicted octanol–water partition coefficient (Wildman–Crippen LogP) is 5.63. The molecule has 0 fully saturated rings. The topological polar surface area (TPSA) is 12.9 Å². The van der Waals surface area contributed by atoms with Crippen LogP contribution >= 0.6 is 0 Å². The first kappa shape index (κ1) is 19.3. The Morgan fingerprint density at radius 2 is 1.44 bits per heavy atom. The minimum Gasteiger partial charge on any atom is -0.252 e. The van der Waals surface area contributed by atoms with Crippen molar-refractivity contribution in [3.05, 3.63) is 29.6 Å². The second-order valence-electron chi connectivity index (χ2n) is 3.93. The second-order valence-corrected chi connectivity index (χ2v) is 3.93. The van der Waals surface area contributed by atoms with Gasteiger partial charge in [-0.1, -0.05) is 53.0 Å². The molecule has 0 radical (unpaired) electrons. The van der Waals surface area contributed by atoms with Crippen molar-refractivity contribution in [2.75, 3.05) is 0 Å². The summed E-state index contributed by atoms with van der Waals surface area (Å²) in [7, 11) is 0. The number of hydrogen-bond donors (Lipinski definition) is 0. The van der Waals surface area contributed by atoms with Gasteiger partial charge in [-0.3, -0.25) is 4.98 Å². The van der Waals surface area contributed by atoms with E-state index in [4.69, 9.17) is 0 Å². The summed E-state index contributed by atoms with van der Waals surface area (Å²) in [6.45, 7) is 10.3. The largest absolute Gasteiger partial charge is 0.433 e. The van der Waals surface area contributed by atoms with Crippen LogP contribution in [0.15, 0.2) is 18.3 Å². The maximum Gasteiger partial charge on any atom is 0.433 e. The third kappa shape index (κ3) is 11.4. The maximum atomic E-state index is 11.9. The monoisotopic (exact) mass is 263 g/mol. The van der Waals surface area contributed by atoms with Crippen molar-refractivity contribution >= 4 is 0 Å². The summed E-state index contributed by atoms with van der Waals surface area (Å²) < 4.78 is 35.6. The van der Waals surface area contributed by atoms with Gasteiger partial charge >= 0.3 is 6.18 Å². The fourth-order valence-electron chi connectivity index (χ4n) is 0.635. The summed E-state index contributed by atoms with van der Waals surface area (Å²) in [4.78, 5) is 3.22. The molecule has 0 unspecified atom stereocenters. The van der Waals surface area contributed by atoms with E-state index in [1.54, 1.807) is 6.92 Å². The summed E-state index contributed by atoms with van der Waals surface area (Å²) in [5.74, 6) is 0. The first-order valence-electron chi connectivity index (χ1n) is 6.33. The molecule has 4 heteroatoms. The highest BCUT2D eigenvalue weighted by molar-refractivity contribution is 5.14. The molecule has 1 aromatic heterocycles. The molecule has 0 atom stereocenters. The van der Waals surface area contributed by atoms with E-state index in [-0.39, 0.29) is 0 Å². The lowest BCUT2D eigenvalue weighted by atomic mass is 10.3. The van der Waals surface area contributed by atoms with Crippen LogP contribution in [0.5, 0.6) is 0 Å². The Morgan fingerprint density at radius 3 is 1.67 bits per heavy atom. The third-order valence-electron chi connectivity index (χ3n) is 1.70. The first-order chi connectivity index (χ1) is 8.33. The van der Waals surface area contributed by atoms with E-state index in [1.165, 1.54) is 31.5 Å². The lowest BCUT2D eigenvalue weighted by Gasteiger charge is -2.03. The summed E-state index contributed by atoms with van der Waals surface area (Å²) in [6.07, 6.45) is 0.760. The van der Waals surface area contributed by atoms with Gasteiger partial charge in [0.15, 0.2) is 0 Å².